The van der Waals surface area contributed by atoms with E-state index < -0.39 is 5.97 Å². The molecule has 170 valence electrons. The van der Waals surface area contributed by atoms with Crippen LogP contribution in [0.5, 0.6) is 6.01 Å². The Labute approximate surface area is 194 Å². The van der Waals surface area contributed by atoms with E-state index in [9.17, 15) is 4.79 Å². The van der Waals surface area contributed by atoms with Crippen LogP contribution in [0.15, 0.2) is 66.7 Å². The van der Waals surface area contributed by atoms with Crippen LogP contribution < -0.4 is 9.53 Å². The lowest BCUT2D eigenvalue weighted by Gasteiger charge is -2.12. The van der Waals surface area contributed by atoms with Crippen molar-refractivity contribution >= 4 is 17.0 Å². The summed E-state index contributed by atoms with van der Waals surface area (Å²) in [5, 5.41) is 14.0. The zero-order valence-electron chi connectivity index (χ0n) is 18.7. The van der Waals surface area contributed by atoms with Crippen molar-refractivity contribution in [3.63, 3.8) is 0 Å². The SMILES string of the molecule is CCOc1nc2cccc(C(=O)OC)c2n1Cc1ccc(-c2ccccc2-[n+]2nnn[nH]2)cc1. The first-order chi connectivity index (χ1) is 16.7. The third kappa shape index (κ3) is 3.85. The molecule has 0 saturated heterocycles. The van der Waals surface area contributed by atoms with Crippen LogP contribution in [0.3, 0.4) is 0 Å². The lowest BCUT2D eigenvalue weighted by atomic mass is 10.0. The van der Waals surface area contributed by atoms with Crippen molar-refractivity contribution in [2.24, 2.45) is 0 Å². The number of aromatic amines is 1. The molecule has 0 unspecified atom stereocenters. The number of nitrogens with one attached hydrogen (secondary N) is 1. The number of carbonyl (C=O) groups excluding carboxylic acids is 1. The standard InChI is InChI=1S/C24H21N7O3/c1-3-34-24-25-20-9-6-8-19(23(32)33-2)22(20)30(24)15-16-11-13-17(14-12-16)18-7-4-5-10-21(18)31-28-26-27-29-31/h4-14H,3,15H2,1-2H3/p+1. The minimum atomic E-state index is -0.416. The highest BCUT2D eigenvalue weighted by Crippen LogP contribution is 2.28. The van der Waals surface area contributed by atoms with Crippen molar-refractivity contribution in [3.8, 4) is 22.8 Å². The fourth-order valence-corrected chi connectivity index (χ4v) is 3.94. The monoisotopic (exact) mass is 456 g/mol. The third-order valence-corrected chi connectivity index (χ3v) is 5.46. The number of hydrogen-bond acceptors (Lipinski definition) is 7. The molecule has 10 heteroatoms. The van der Waals surface area contributed by atoms with Crippen molar-refractivity contribution in [1.82, 2.24) is 30.4 Å². The van der Waals surface area contributed by atoms with E-state index in [1.807, 2.05) is 66.1 Å². The lowest BCUT2D eigenvalue weighted by Crippen LogP contribution is -2.36. The van der Waals surface area contributed by atoms with Crippen LogP contribution in [0.25, 0.3) is 27.8 Å². The van der Waals surface area contributed by atoms with Gasteiger partial charge in [-0.05, 0) is 46.3 Å². The molecule has 10 nitrogen and oxygen atoms in total. The van der Waals surface area contributed by atoms with Gasteiger partial charge in [-0.2, -0.15) is 4.98 Å². The summed E-state index contributed by atoms with van der Waals surface area (Å²) >= 11 is 0. The second-order valence-electron chi connectivity index (χ2n) is 7.48. The molecule has 0 aliphatic rings. The number of rotatable bonds is 7. The van der Waals surface area contributed by atoms with Crippen LogP contribution in [0.4, 0.5) is 0 Å². The minimum Gasteiger partial charge on any atom is -0.465 e. The summed E-state index contributed by atoms with van der Waals surface area (Å²) in [5.41, 5.74) is 5.66. The average Bonchev–Trinajstić information content (AvgIpc) is 3.53. The minimum absolute atomic E-state index is 0.416. The maximum atomic E-state index is 12.4. The van der Waals surface area contributed by atoms with E-state index in [0.717, 1.165) is 22.4 Å². The second-order valence-corrected chi connectivity index (χ2v) is 7.48. The number of carbonyl (C=O) groups is 1. The van der Waals surface area contributed by atoms with Gasteiger partial charge in [-0.25, -0.2) is 4.79 Å². The van der Waals surface area contributed by atoms with Crippen LogP contribution in [0, 0.1) is 0 Å². The zero-order chi connectivity index (χ0) is 23.5. The first-order valence-electron chi connectivity index (χ1n) is 10.7. The van der Waals surface area contributed by atoms with Gasteiger partial charge in [0.05, 0.1) is 36.9 Å². The molecule has 0 aliphatic carbocycles. The summed E-state index contributed by atoms with van der Waals surface area (Å²) in [4.78, 5) is 18.5. The van der Waals surface area contributed by atoms with Gasteiger partial charge in [0, 0.05) is 5.56 Å². The van der Waals surface area contributed by atoms with Crippen LogP contribution in [0.2, 0.25) is 0 Å². The zero-order valence-corrected chi connectivity index (χ0v) is 18.7. The summed E-state index contributed by atoms with van der Waals surface area (Å²) in [5.74, 6) is -0.416. The van der Waals surface area contributed by atoms with Gasteiger partial charge in [-0.15, -0.1) is 0 Å². The van der Waals surface area contributed by atoms with Crippen molar-refractivity contribution in [1.29, 1.82) is 0 Å². The van der Waals surface area contributed by atoms with E-state index in [4.69, 9.17) is 9.47 Å². The molecule has 5 rings (SSSR count). The molecule has 5 aromatic rings. The molecule has 0 bridgehead atoms. The topological polar surface area (TPSA) is 112 Å². The Morgan fingerprint density at radius 3 is 2.62 bits per heavy atom. The quantitative estimate of drug-likeness (QED) is 0.296. The maximum absolute atomic E-state index is 12.4. The fraction of sp³-hybridized carbons (Fsp3) is 0.167. The molecule has 0 fully saturated rings. The number of esters is 1. The van der Waals surface area contributed by atoms with Crippen LogP contribution in [-0.4, -0.2) is 50.1 Å². The smallest absolute Gasteiger partial charge is 0.340 e. The molecule has 0 saturated carbocycles. The summed E-state index contributed by atoms with van der Waals surface area (Å²) in [7, 11) is 1.37. The predicted octanol–water partition coefficient (Wildman–Crippen LogP) is 2.73. The molecular formula is C24H22N7O3+. The Morgan fingerprint density at radius 2 is 1.88 bits per heavy atom. The van der Waals surface area contributed by atoms with Gasteiger partial charge < -0.3 is 9.47 Å². The predicted molar refractivity (Wildman–Crippen MR) is 122 cm³/mol. The second kappa shape index (κ2) is 9.10. The molecular weight excluding hydrogens is 434 g/mol. The van der Waals surface area contributed by atoms with E-state index >= 15 is 0 Å². The number of benzene rings is 3. The number of ether oxygens (including phenoxy) is 2. The Hall–Kier alpha value is -4.60. The van der Waals surface area contributed by atoms with Crippen molar-refractivity contribution < 1.29 is 19.1 Å². The molecule has 0 radical (unpaired) electrons. The number of aromatic nitrogens is 7. The van der Waals surface area contributed by atoms with Gasteiger partial charge in [0.2, 0.25) is 10.4 Å². The Bertz CT molecular complexity index is 1440. The van der Waals surface area contributed by atoms with Crippen LogP contribution >= 0.6 is 0 Å². The van der Waals surface area contributed by atoms with Crippen molar-refractivity contribution in [2.75, 3.05) is 13.7 Å². The summed E-state index contributed by atoms with van der Waals surface area (Å²) < 4.78 is 12.7. The highest BCUT2D eigenvalue weighted by molar-refractivity contribution is 6.02. The Kier molecular flexibility index (Phi) is 5.69. The highest BCUT2D eigenvalue weighted by atomic mass is 16.5. The number of fused-ring (bicyclic) bond motifs is 1. The van der Waals surface area contributed by atoms with Crippen molar-refractivity contribution in [3.05, 3.63) is 77.9 Å². The number of para-hydroxylation sites is 2. The highest BCUT2D eigenvalue weighted by Gasteiger charge is 2.20. The van der Waals surface area contributed by atoms with Gasteiger partial charge in [-0.1, -0.05) is 48.5 Å². The Morgan fingerprint density at radius 1 is 1.06 bits per heavy atom. The molecule has 1 N–H and O–H groups in total. The summed E-state index contributed by atoms with van der Waals surface area (Å²) in [6.07, 6.45) is 0. The molecule has 0 spiro atoms. The first-order valence-corrected chi connectivity index (χ1v) is 10.7. The van der Waals surface area contributed by atoms with Gasteiger partial charge >= 0.3 is 5.97 Å². The number of imidazole rings is 1. The van der Waals surface area contributed by atoms with Gasteiger partial charge in [-0.3, -0.25) is 4.57 Å². The number of nitrogens with zero attached hydrogens (tertiary/aromatic N) is 6. The van der Waals surface area contributed by atoms with E-state index in [1.165, 1.54) is 11.9 Å². The van der Waals surface area contributed by atoms with E-state index in [-0.39, 0.29) is 0 Å². The van der Waals surface area contributed by atoms with Gasteiger partial charge in [0.25, 0.3) is 6.01 Å². The van der Waals surface area contributed by atoms with Crippen molar-refractivity contribution in [2.45, 2.75) is 13.5 Å². The summed E-state index contributed by atoms with van der Waals surface area (Å²) in [6, 6.07) is 21.9. The van der Waals surface area contributed by atoms with E-state index in [1.54, 1.807) is 12.1 Å². The molecule has 2 aromatic heterocycles. The third-order valence-electron chi connectivity index (χ3n) is 5.46. The molecule has 3 aromatic carbocycles. The molecule has 0 atom stereocenters. The molecule has 2 heterocycles. The van der Waals surface area contributed by atoms with Gasteiger partial charge in [0.1, 0.15) is 5.21 Å². The molecule has 0 amide bonds. The largest absolute Gasteiger partial charge is 0.465 e. The van der Waals surface area contributed by atoms with Crippen LogP contribution in [0.1, 0.15) is 22.8 Å². The lowest BCUT2D eigenvalue weighted by molar-refractivity contribution is -0.719. The molecule has 34 heavy (non-hydrogen) atoms. The Balaban J connectivity index is 1.53. The normalized spacial score (nSPS) is 11.0. The van der Waals surface area contributed by atoms with E-state index in [2.05, 4.69) is 25.8 Å². The van der Waals surface area contributed by atoms with E-state index in [0.29, 0.717) is 35.8 Å². The number of methoxy groups -OCH3 is 1. The first kappa shape index (κ1) is 21.3. The van der Waals surface area contributed by atoms with Gasteiger partial charge in [0.15, 0.2) is 5.69 Å². The average molecular weight is 456 g/mol. The number of H-pyrrole nitrogens is 1. The number of hydrogen-bond donors (Lipinski definition) is 1. The fourth-order valence-electron chi connectivity index (χ4n) is 3.94. The maximum Gasteiger partial charge on any atom is 0.340 e. The van der Waals surface area contributed by atoms with Crippen LogP contribution in [-0.2, 0) is 11.3 Å². The molecule has 0 aliphatic heterocycles. The summed E-state index contributed by atoms with van der Waals surface area (Å²) in [6.45, 7) is 2.84.